The molecule has 3 rings (SSSR count). The Kier molecular flexibility index (Phi) is 7.87. The zero-order chi connectivity index (χ0) is 21.5. The van der Waals surface area contributed by atoms with Crippen LogP contribution in [0.15, 0.2) is 24.4 Å². The van der Waals surface area contributed by atoms with Crippen molar-refractivity contribution < 1.29 is 10.6 Å². The van der Waals surface area contributed by atoms with Gasteiger partial charge in [-0.05, 0) is 44.5 Å². The fraction of sp³-hybridized carbons (Fsp3) is 0.522. The molecule has 1 aliphatic rings. The number of alkyl halides is 1. The largest absolute Gasteiger partial charge is 0.352 e. The molecule has 0 spiro atoms. The summed E-state index contributed by atoms with van der Waals surface area (Å²) in [6, 6.07) is 6.26. The number of hydrogen-bond donors (Lipinski definition) is 1. The van der Waals surface area contributed by atoms with Crippen LogP contribution in [-0.2, 0) is 17.9 Å². The van der Waals surface area contributed by atoms with Crippen molar-refractivity contribution in [3.8, 4) is 11.4 Å². The summed E-state index contributed by atoms with van der Waals surface area (Å²) in [6.45, 7) is 8.83. The summed E-state index contributed by atoms with van der Waals surface area (Å²) in [5.41, 5.74) is 5.30. The molecular formula is C23H34FN5O. The first-order valence-corrected chi connectivity index (χ1v) is 10.6. The molecule has 0 radical (unpaired) electrons. The van der Waals surface area contributed by atoms with E-state index in [-0.39, 0.29) is 20.2 Å². The van der Waals surface area contributed by atoms with Crippen molar-refractivity contribution in [1.29, 1.82) is 0 Å². The summed E-state index contributed by atoms with van der Waals surface area (Å²) in [4.78, 5) is 26.1. The standard InChI is InChI=1S/C23H32FN5O.H2/c1-17-6-7-19(13-18(17)2)23-26-15-20(14-25-22(30)5-4-8-24)21(27-23)16-29-11-9-28(3)10-12-29;/h6-7,13,15H,4-5,8-12,14,16H2,1-3H3,(H,25,30);1H. The van der Waals surface area contributed by atoms with Crippen LogP contribution in [0.4, 0.5) is 4.39 Å². The summed E-state index contributed by atoms with van der Waals surface area (Å²) >= 11 is 0. The highest BCUT2D eigenvalue weighted by Crippen LogP contribution is 2.21. The lowest BCUT2D eigenvalue weighted by Crippen LogP contribution is -2.44. The lowest BCUT2D eigenvalue weighted by molar-refractivity contribution is -0.121. The molecule has 6 nitrogen and oxygen atoms in total. The summed E-state index contributed by atoms with van der Waals surface area (Å²) in [7, 11) is 2.14. The summed E-state index contributed by atoms with van der Waals surface area (Å²) in [6.07, 6.45) is 2.27. The third-order valence-electron chi connectivity index (χ3n) is 5.70. The van der Waals surface area contributed by atoms with E-state index in [0.717, 1.165) is 49.5 Å². The van der Waals surface area contributed by atoms with Crippen LogP contribution in [0.2, 0.25) is 0 Å². The van der Waals surface area contributed by atoms with Gasteiger partial charge in [0.05, 0.1) is 12.4 Å². The Morgan fingerprint density at radius 1 is 1.20 bits per heavy atom. The van der Waals surface area contributed by atoms with Gasteiger partial charge >= 0.3 is 0 Å². The van der Waals surface area contributed by atoms with Crippen molar-refractivity contribution in [2.45, 2.75) is 39.8 Å². The van der Waals surface area contributed by atoms with Gasteiger partial charge in [-0.3, -0.25) is 14.1 Å². The zero-order valence-corrected chi connectivity index (χ0v) is 18.2. The van der Waals surface area contributed by atoms with Crippen LogP contribution in [0.1, 0.15) is 36.7 Å². The lowest BCUT2D eigenvalue weighted by Gasteiger charge is -2.32. The van der Waals surface area contributed by atoms with Gasteiger partial charge in [-0.2, -0.15) is 0 Å². The maximum atomic E-state index is 12.3. The third-order valence-corrected chi connectivity index (χ3v) is 5.70. The molecule has 7 heteroatoms. The second-order valence-electron chi connectivity index (χ2n) is 8.11. The van der Waals surface area contributed by atoms with E-state index in [2.05, 4.69) is 59.2 Å². The highest BCUT2D eigenvalue weighted by Gasteiger charge is 2.18. The van der Waals surface area contributed by atoms with E-state index >= 15 is 0 Å². The molecule has 1 fully saturated rings. The van der Waals surface area contributed by atoms with Crippen molar-refractivity contribution >= 4 is 5.91 Å². The predicted octanol–water partition coefficient (Wildman–Crippen LogP) is 3.12. The maximum absolute atomic E-state index is 12.3. The average Bonchev–Trinajstić information content (AvgIpc) is 2.75. The van der Waals surface area contributed by atoms with Crippen molar-refractivity contribution in [2.24, 2.45) is 0 Å². The zero-order valence-electron chi connectivity index (χ0n) is 18.2. The molecule has 0 atom stereocenters. The predicted molar refractivity (Wildman–Crippen MR) is 119 cm³/mol. The first-order valence-electron chi connectivity index (χ1n) is 10.6. The molecule has 1 saturated heterocycles. The van der Waals surface area contributed by atoms with Gasteiger partial charge in [-0.15, -0.1) is 0 Å². The minimum atomic E-state index is -0.476. The highest BCUT2D eigenvalue weighted by molar-refractivity contribution is 5.75. The summed E-state index contributed by atoms with van der Waals surface area (Å²) in [5, 5.41) is 2.88. The molecule has 2 aromatic rings. The molecule has 30 heavy (non-hydrogen) atoms. The molecule has 0 saturated carbocycles. The van der Waals surface area contributed by atoms with E-state index in [1.807, 2.05) is 6.20 Å². The minimum Gasteiger partial charge on any atom is -0.352 e. The van der Waals surface area contributed by atoms with Gasteiger partial charge in [0.1, 0.15) is 0 Å². The Labute approximate surface area is 180 Å². The van der Waals surface area contributed by atoms with Crippen LogP contribution >= 0.6 is 0 Å². The Balaban J connectivity index is 0.00000341. The van der Waals surface area contributed by atoms with Crippen LogP contribution in [-0.4, -0.2) is 65.6 Å². The first kappa shape index (κ1) is 22.3. The first-order chi connectivity index (χ1) is 14.5. The van der Waals surface area contributed by atoms with Crippen LogP contribution in [0.25, 0.3) is 11.4 Å². The number of piperazine rings is 1. The van der Waals surface area contributed by atoms with Crippen molar-refractivity contribution in [3.05, 3.63) is 46.8 Å². The number of nitrogens with zero attached hydrogens (tertiary/aromatic N) is 4. The monoisotopic (exact) mass is 415 g/mol. The Morgan fingerprint density at radius 2 is 1.97 bits per heavy atom. The van der Waals surface area contributed by atoms with Gasteiger partial charge in [0.15, 0.2) is 5.82 Å². The molecule has 0 unspecified atom stereocenters. The lowest BCUT2D eigenvalue weighted by atomic mass is 10.1. The number of halogens is 1. The van der Waals surface area contributed by atoms with Crippen molar-refractivity contribution in [2.75, 3.05) is 39.9 Å². The second kappa shape index (κ2) is 10.6. The van der Waals surface area contributed by atoms with E-state index < -0.39 is 6.67 Å². The van der Waals surface area contributed by atoms with Gasteiger partial charge in [0.2, 0.25) is 5.91 Å². The molecule has 2 heterocycles. The van der Waals surface area contributed by atoms with E-state index in [9.17, 15) is 9.18 Å². The molecule has 164 valence electrons. The number of benzene rings is 1. The fourth-order valence-electron chi connectivity index (χ4n) is 3.47. The molecule has 1 aliphatic heterocycles. The van der Waals surface area contributed by atoms with Crippen molar-refractivity contribution in [3.63, 3.8) is 0 Å². The Morgan fingerprint density at radius 3 is 2.67 bits per heavy atom. The van der Waals surface area contributed by atoms with Crippen LogP contribution in [0.3, 0.4) is 0 Å². The molecule has 0 bridgehead atoms. The molecular weight excluding hydrogens is 381 g/mol. The number of nitrogens with one attached hydrogen (secondary N) is 1. The number of aromatic nitrogens is 2. The quantitative estimate of drug-likeness (QED) is 0.718. The van der Waals surface area contributed by atoms with Gasteiger partial charge in [0, 0.05) is 64.4 Å². The smallest absolute Gasteiger partial charge is 0.220 e. The fourth-order valence-corrected chi connectivity index (χ4v) is 3.47. The Bertz CT molecular complexity index is 871. The summed E-state index contributed by atoms with van der Waals surface area (Å²) < 4.78 is 12.3. The SMILES string of the molecule is Cc1ccc(-c2ncc(CNC(=O)CCCF)c(CN3CCN(C)CC3)n2)cc1C.[HH]. The molecule has 1 N–H and O–H groups in total. The number of rotatable bonds is 8. The number of carbonyl (C=O) groups excluding carboxylic acids is 1. The Hall–Kier alpha value is -2.38. The molecule has 1 amide bonds. The van der Waals surface area contributed by atoms with E-state index in [0.29, 0.717) is 12.4 Å². The molecule has 1 aromatic carbocycles. The number of aryl methyl sites for hydroxylation is 2. The van der Waals surface area contributed by atoms with E-state index in [1.165, 1.54) is 11.1 Å². The van der Waals surface area contributed by atoms with Gasteiger partial charge in [-0.1, -0.05) is 12.1 Å². The number of amides is 1. The van der Waals surface area contributed by atoms with Gasteiger partial charge < -0.3 is 10.2 Å². The summed E-state index contributed by atoms with van der Waals surface area (Å²) in [5.74, 6) is 0.561. The normalized spacial score (nSPS) is 15.3. The average molecular weight is 416 g/mol. The maximum Gasteiger partial charge on any atom is 0.220 e. The second-order valence-corrected chi connectivity index (χ2v) is 8.11. The molecule has 1 aromatic heterocycles. The number of carbonyl (C=O) groups is 1. The number of likely N-dealkylation sites (N-methyl/N-ethyl adjacent to an activating group) is 1. The topological polar surface area (TPSA) is 61.4 Å². The third kappa shape index (κ3) is 6.06. The van der Waals surface area contributed by atoms with Gasteiger partial charge in [-0.25, -0.2) is 9.97 Å². The molecule has 0 aliphatic carbocycles. The van der Waals surface area contributed by atoms with Crippen LogP contribution < -0.4 is 5.32 Å². The van der Waals surface area contributed by atoms with Gasteiger partial charge in [0.25, 0.3) is 0 Å². The number of hydrogen-bond acceptors (Lipinski definition) is 5. The highest BCUT2D eigenvalue weighted by atomic mass is 19.1. The minimum absolute atomic E-state index is 0. The van der Waals surface area contributed by atoms with Crippen LogP contribution in [0, 0.1) is 13.8 Å². The van der Waals surface area contributed by atoms with E-state index in [4.69, 9.17) is 4.98 Å². The van der Waals surface area contributed by atoms with E-state index in [1.54, 1.807) is 0 Å². The van der Waals surface area contributed by atoms with Crippen molar-refractivity contribution in [1.82, 2.24) is 25.1 Å². The van der Waals surface area contributed by atoms with Crippen LogP contribution in [0.5, 0.6) is 0 Å².